The zero-order chi connectivity index (χ0) is 30.6. The Labute approximate surface area is 264 Å². The molecule has 0 bridgehead atoms. The molecule has 2 aromatic heterocycles. The Morgan fingerprint density at radius 1 is 0.844 bits per heavy atom. The molecule has 2 N–H and O–H groups in total. The van der Waals surface area contributed by atoms with Crippen LogP contribution in [-0.4, -0.2) is 72.1 Å². The van der Waals surface area contributed by atoms with Crippen LogP contribution in [0.3, 0.4) is 0 Å². The topological polar surface area (TPSA) is 99.7 Å². The van der Waals surface area contributed by atoms with E-state index in [2.05, 4.69) is 36.5 Å². The van der Waals surface area contributed by atoms with Gasteiger partial charge in [0.15, 0.2) is 11.6 Å². The molecular weight excluding hydrogens is 564 g/mol. The largest absolute Gasteiger partial charge is 0.489 e. The van der Waals surface area contributed by atoms with Gasteiger partial charge >= 0.3 is 0 Å². The van der Waals surface area contributed by atoms with Gasteiger partial charge < -0.3 is 20.3 Å². The molecule has 232 valence electrons. The predicted octanol–water partition coefficient (Wildman–Crippen LogP) is 5.32. The zero-order valence-electron chi connectivity index (χ0n) is 25.6. The van der Waals surface area contributed by atoms with Crippen molar-refractivity contribution in [1.82, 2.24) is 20.2 Å². The number of benzene rings is 2. The van der Waals surface area contributed by atoms with Gasteiger partial charge in [0.1, 0.15) is 0 Å². The first kappa shape index (κ1) is 29.2. The summed E-state index contributed by atoms with van der Waals surface area (Å²) in [5.41, 5.74) is 3.88. The van der Waals surface area contributed by atoms with E-state index in [1.54, 1.807) is 36.5 Å². The molecule has 2 aliphatic heterocycles. The molecule has 1 aliphatic carbocycles. The maximum absolute atomic E-state index is 13.0. The number of carbonyl (C=O) groups excluding carboxylic acids is 2. The van der Waals surface area contributed by atoms with Crippen molar-refractivity contribution in [3.05, 3.63) is 89.7 Å². The van der Waals surface area contributed by atoms with Crippen LogP contribution >= 0.6 is 0 Å². The monoisotopic (exact) mass is 604 g/mol. The van der Waals surface area contributed by atoms with Crippen LogP contribution < -0.4 is 20.3 Å². The predicted molar refractivity (Wildman–Crippen MR) is 176 cm³/mol. The molecule has 0 spiro atoms. The molecule has 2 fully saturated rings. The number of carbonyl (C=O) groups is 2. The zero-order valence-corrected chi connectivity index (χ0v) is 25.6. The number of hydrogen-bond donors (Lipinski definition) is 2. The van der Waals surface area contributed by atoms with Gasteiger partial charge in [-0.3, -0.25) is 19.5 Å². The smallest absolute Gasteiger partial charge is 0.256 e. The minimum absolute atomic E-state index is 0.0572. The number of piperazine rings is 1. The van der Waals surface area contributed by atoms with Crippen molar-refractivity contribution in [3.63, 3.8) is 0 Å². The van der Waals surface area contributed by atoms with Gasteiger partial charge in [0.05, 0.1) is 17.7 Å². The summed E-state index contributed by atoms with van der Waals surface area (Å²) in [5, 5.41) is 6.99. The third kappa shape index (κ3) is 6.63. The SMILES string of the molecule is O=C(NC1CCC(CCN2CCN(c3nccc4c3OCC4)CC2)CC1)c1ccc(NC(=O)c2ccnc3ccccc23)cc1. The standard InChI is InChI=1S/C36H40N6O3/c43-35(27-7-11-29(12-8-27)40-36(44)31-14-18-37-32-4-2-1-3-30(31)32)39-28-9-5-25(6-10-28)15-19-41-20-22-42(23-21-41)34-33-26(13-17-38-34)16-24-45-33/h1-4,7-8,11-14,17-18,25,28H,5-6,9-10,15-16,19-24H2,(H,39,43)(H,40,44). The fraction of sp³-hybridized carbons (Fsp3) is 0.389. The Hall–Kier alpha value is -4.50. The molecule has 4 aromatic rings. The summed E-state index contributed by atoms with van der Waals surface area (Å²) in [7, 11) is 0. The van der Waals surface area contributed by atoms with Crippen molar-refractivity contribution in [2.45, 2.75) is 44.6 Å². The Kier molecular flexibility index (Phi) is 8.60. The molecule has 0 unspecified atom stereocenters. The molecule has 7 rings (SSSR count). The number of nitrogens with one attached hydrogen (secondary N) is 2. The Morgan fingerprint density at radius 3 is 2.44 bits per heavy atom. The lowest BCUT2D eigenvalue weighted by molar-refractivity contribution is 0.0919. The van der Waals surface area contributed by atoms with Gasteiger partial charge in [-0.05, 0) is 87.0 Å². The third-order valence-corrected chi connectivity index (χ3v) is 9.59. The quantitative estimate of drug-likeness (QED) is 0.281. The average Bonchev–Trinajstić information content (AvgIpc) is 3.58. The normalized spacial score (nSPS) is 20.0. The maximum atomic E-state index is 13.0. The molecule has 9 heteroatoms. The summed E-state index contributed by atoms with van der Waals surface area (Å²) in [5.74, 6) is 2.46. The highest BCUT2D eigenvalue weighted by molar-refractivity contribution is 6.12. The van der Waals surface area contributed by atoms with Crippen molar-refractivity contribution < 1.29 is 14.3 Å². The molecule has 2 aromatic carbocycles. The van der Waals surface area contributed by atoms with E-state index in [0.717, 1.165) is 93.9 Å². The number of nitrogens with zero attached hydrogens (tertiary/aromatic N) is 4. The van der Waals surface area contributed by atoms with Crippen LogP contribution in [0.25, 0.3) is 10.9 Å². The van der Waals surface area contributed by atoms with Crippen molar-refractivity contribution in [2.75, 3.05) is 49.5 Å². The number of fused-ring (bicyclic) bond motifs is 2. The van der Waals surface area contributed by atoms with E-state index in [-0.39, 0.29) is 17.9 Å². The van der Waals surface area contributed by atoms with Gasteiger partial charge in [-0.15, -0.1) is 0 Å². The Balaban J connectivity index is 0.830. The van der Waals surface area contributed by atoms with E-state index in [4.69, 9.17) is 4.74 Å². The van der Waals surface area contributed by atoms with Gasteiger partial charge in [0, 0.05) is 73.2 Å². The number of rotatable bonds is 8. The first-order chi connectivity index (χ1) is 22.1. The van der Waals surface area contributed by atoms with Crippen molar-refractivity contribution in [3.8, 4) is 5.75 Å². The molecule has 1 saturated heterocycles. The first-order valence-electron chi connectivity index (χ1n) is 16.2. The fourth-order valence-electron chi connectivity index (χ4n) is 6.93. The number of para-hydroxylation sites is 1. The minimum atomic E-state index is -0.202. The summed E-state index contributed by atoms with van der Waals surface area (Å²) in [6.07, 6.45) is 10.1. The fourth-order valence-corrected chi connectivity index (χ4v) is 6.93. The lowest BCUT2D eigenvalue weighted by Gasteiger charge is -2.37. The van der Waals surface area contributed by atoms with E-state index in [9.17, 15) is 9.59 Å². The summed E-state index contributed by atoms with van der Waals surface area (Å²) >= 11 is 0. The lowest BCUT2D eigenvalue weighted by atomic mass is 9.84. The molecule has 0 atom stereocenters. The average molecular weight is 605 g/mol. The van der Waals surface area contributed by atoms with Crippen LogP contribution in [0.1, 0.15) is 58.4 Å². The number of aromatic nitrogens is 2. The second-order valence-electron chi connectivity index (χ2n) is 12.4. The minimum Gasteiger partial charge on any atom is -0.489 e. The van der Waals surface area contributed by atoms with Crippen molar-refractivity contribution in [2.24, 2.45) is 5.92 Å². The summed E-state index contributed by atoms with van der Waals surface area (Å²) in [6, 6.07) is 18.7. The number of pyridine rings is 2. The number of amides is 2. The first-order valence-corrected chi connectivity index (χ1v) is 16.2. The Bertz CT molecular complexity index is 1650. The second kappa shape index (κ2) is 13.2. The van der Waals surface area contributed by atoms with E-state index in [1.165, 1.54) is 12.0 Å². The molecule has 2 amide bonds. The summed E-state index contributed by atoms with van der Waals surface area (Å²) < 4.78 is 5.88. The van der Waals surface area contributed by atoms with Gasteiger partial charge in [-0.25, -0.2) is 4.98 Å². The van der Waals surface area contributed by atoms with Gasteiger partial charge in [-0.1, -0.05) is 18.2 Å². The number of hydrogen-bond acceptors (Lipinski definition) is 7. The number of ether oxygens (including phenoxy) is 1. The number of anilines is 2. The Morgan fingerprint density at radius 2 is 1.62 bits per heavy atom. The van der Waals surface area contributed by atoms with Crippen LogP contribution in [0.5, 0.6) is 5.75 Å². The van der Waals surface area contributed by atoms with Crippen molar-refractivity contribution >= 4 is 34.2 Å². The van der Waals surface area contributed by atoms with Crippen LogP contribution in [0.2, 0.25) is 0 Å². The van der Waals surface area contributed by atoms with E-state index in [1.807, 2.05) is 30.5 Å². The van der Waals surface area contributed by atoms with E-state index < -0.39 is 0 Å². The van der Waals surface area contributed by atoms with E-state index >= 15 is 0 Å². The molecular formula is C36H40N6O3. The second-order valence-corrected chi connectivity index (χ2v) is 12.4. The molecule has 0 radical (unpaired) electrons. The van der Waals surface area contributed by atoms with E-state index in [0.29, 0.717) is 22.7 Å². The summed E-state index contributed by atoms with van der Waals surface area (Å²) in [4.78, 5) is 39.9. The lowest BCUT2D eigenvalue weighted by Crippen LogP contribution is -2.47. The van der Waals surface area contributed by atoms with Crippen LogP contribution in [-0.2, 0) is 6.42 Å². The molecule has 9 nitrogen and oxygen atoms in total. The van der Waals surface area contributed by atoms with Crippen LogP contribution in [0.15, 0.2) is 73.1 Å². The van der Waals surface area contributed by atoms with Gasteiger partial charge in [0.2, 0.25) is 0 Å². The molecule has 3 aliphatic rings. The third-order valence-electron chi connectivity index (χ3n) is 9.59. The molecule has 45 heavy (non-hydrogen) atoms. The highest BCUT2D eigenvalue weighted by Gasteiger charge is 2.27. The van der Waals surface area contributed by atoms with Gasteiger partial charge in [0.25, 0.3) is 11.8 Å². The van der Waals surface area contributed by atoms with Gasteiger partial charge in [-0.2, -0.15) is 0 Å². The molecule has 1 saturated carbocycles. The van der Waals surface area contributed by atoms with Crippen molar-refractivity contribution in [1.29, 1.82) is 0 Å². The highest BCUT2D eigenvalue weighted by atomic mass is 16.5. The molecule has 4 heterocycles. The summed E-state index contributed by atoms with van der Waals surface area (Å²) in [6.45, 7) is 5.98. The van der Waals surface area contributed by atoms with Crippen LogP contribution in [0, 0.1) is 5.92 Å². The highest BCUT2D eigenvalue weighted by Crippen LogP contribution is 2.35. The maximum Gasteiger partial charge on any atom is 0.256 e. The van der Waals surface area contributed by atoms with Crippen LogP contribution in [0.4, 0.5) is 11.5 Å².